The summed E-state index contributed by atoms with van der Waals surface area (Å²) in [4.78, 5) is 0. The minimum absolute atomic E-state index is 0.0808. The molecule has 1 nitrogen and oxygen atoms in total. The Balaban J connectivity index is 2.94. The van der Waals surface area contributed by atoms with Crippen molar-refractivity contribution in [1.29, 1.82) is 0 Å². The lowest BCUT2D eigenvalue weighted by atomic mass is 10.3. The van der Waals surface area contributed by atoms with E-state index in [2.05, 4.69) is 16.3 Å². The molecule has 0 N–H and O–H groups in total. The van der Waals surface area contributed by atoms with Crippen molar-refractivity contribution in [2.24, 2.45) is 0 Å². The molecule has 6 heteroatoms. The van der Waals surface area contributed by atoms with Gasteiger partial charge in [0.2, 0.25) is 0 Å². The third kappa shape index (κ3) is 3.32. The molecule has 0 saturated heterocycles. The molecule has 0 atom stereocenters. The third-order valence-corrected chi connectivity index (χ3v) is 1.43. The van der Waals surface area contributed by atoms with Crippen LogP contribution >= 0.6 is 23.2 Å². The SMILES string of the molecule is Fc1ccc(Cl)cc1OC(F)(F)Cl. The van der Waals surface area contributed by atoms with Gasteiger partial charge in [-0.15, -0.1) is 8.78 Å². The predicted octanol–water partition coefficient (Wildman–Crippen LogP) is 3.65. The first-order valence-electron chi connectivity index (χ1n) is 3.09. The molecule has 0 aliphatic carbocycles. The van der Waals surface area contributed by atoms with Gasteiger partial charge in [-0.2, -0.15) is 0 Å². The van der Waals surface area contributed by atoms with Gasteiger partial charge in [0.1, 0.15) is 0 Å². The fourth-order valence-electron chi connectivity index (χ4n) is 0.680. The summed E-state index contributed by atoms with van der Waals surface area (Å²) in [7, 11) is 0. The number of ether oxygens (including phenoxy) is 1. The van der Waals surface area contributed by atoms with Crippen molar-refractivity contribution in [3.05, 3.63) is 29.0 Å². The van der Waals surface area contributed by atoms with Crippen LogP contribution in [0.5, 0.6) is 5.75 Å². The molecule has 72 valence electrons. The smallest absolute Gasteiger partial charge is 0.417 e. The summed E-state index contributed by atoms with van der Waals surface area (Å²) in [6, 6.07) is 3.02. The van der Waals surface area contributed by atoms with Gasteiger partial charge in [0.05, 0.1) is 0 Å². The summed E-state index contributed by atoms with van der Waals surface area (Å²) in [5, 5.41) is 0.0808. The largest absolute Gasteiger partial charge is 0.487 e. The number of alkyl halides is 3. The first-order valence-corrected chi connectivity index (χ1v) is 3.85. The Morgan fingerprint density at radius 2 is 1.92 bits per heavy atom. The molecule has 0 fully saturated rings. The lowest BCUT2D eigenvalue weighted by Gasteiger charge is -2.10. The average Bonchev–Trinajstić information content (AvgIpc) is 1.94. The Morgan fingerprint density at radius 3 is 2.46 bits per heavy atom. The topological polar surface area (TPSA) is 9.23 Å². The molecule has 13 heavy (non-hydrogen) atoms. The number of halogens is 5. The van der Waals surface area contributed by atoms with Crippen molar-refractivity contribution in [2.45, 2.75) is 5.57 Å². The molecule has 0 bridgehead atoms. The number of rotatable bonds is 2. The summed E-state index contributed by atoms with van der Waals surface area (Å²) in [6.07, 6.45) is 0. The minimum atomic E-state index is -3.94. The van der Waals surface area contributed by atoms with E-state index < -0.39 is 17.1 Å². The van der Waals surface area contributed by atoms with Crippen LogP contribution in [0.4, 0.5) is 13.2 Å². The van der Waals surface area contributed by atoms with Gasteiger partial charge in [0.25, 0.3) is 0 Å². The van der Waals surface area contributed by atoms with Crippen molar-refractivity contribution in [3.63, 3.8) is 0 Å². The molecule has 0 radical (unpaired) electrons. The first-order chi connectivity index (χ1) is 5.88. The lowest BCUT2D eigenvalue weighted by molar-refractivity contribution is -0.0984. The molecule has 0 aromatic heterocycles. The molecule has 0 aliphatic rings. The molecular formula is C7H3Cl2F3O. The van der Waals surface area contributed by atoms with Gasteiger partial charge in [-0.3, -0.25) is 0 Å². The Hall–Kier alpha value is -0.610. The Kier molecular flexibility index (Phi) is 2.93. The Bertz CT molecular complexity index is 311. The van der Waals surface area contributed by atoms with Gasteiger partial charge < -0.3 is 4.74 Å². The van der Waals surface area contributed by atoms with Crippen LogP contribution in [0.15, 0.2) is 18.2 Å². The van der Waals surface area contributed by atoms with E-state index in [-0.39, 0.29) is 5.02 Å². The number of hydrogen-bond donors (Lipinski definition) is 0. The molecule has 0 saturated carbocycles. The van der Waals surface area contributed by atoms with Crippen LogP contribution in [0, 0.1) is 5.82 Å². The highest BCUT2D eigenvalue weighted by atomic mass is 35.5. The van der Waals surface area contributed by atoms with Crippen molar-refractivity contribution in [3.8, 4) is 5.75 Å². The molecule has 1 aromatic rings. The monoisotopic (exact) mass is 230 g/mol. The zero-order chi connectivity index (χ0) is 10.1. The molecule has 0 unspecified atom stereocenters. The van der Waals surface area contributed by atoms with Gasteiger partial charge in [-0.25, -0.2) is 4.39 Å². The second kappa shape index (κ2) is 3.64. The molecule has 0 aliphatic heterocycles. The summed E-state index contributed by atoms with van der Waals surface area (Å²) >= 11 is 9.84. The zero-order valence-corrected chi connectivity index (χ0v) is 7.54. The van der Waals surface area contributed by atoms with E-state index in [1.807, 2.05) is 0 Å². The van der Waals surface area contributed by atoms with E-state index in [4.69, 9.17) is 11.6 Å². The highest BCUT2D eigenvalue weighted by Crippen LogP contribution is 2.29. The van der Waals surface area contributed by atoms with E-state index in [9.17, 15) is 13.2 Å². The van der Waals surface area contributed by atoms with Gasteiger partial charge in [0.15, 0.2) is 11.6 Å². The van der Waals surface area contributed by atoms with Crippen molar-refractivity contribution < 1.29 is 17.9 Å². The number of hydrogen-bond acceptors (Lipinski definition) is 1. The zero-order valence-electron chi connectivity index (χ0n) is 6.03. The van der Waals surface area contributed by atoms with E-state index in [1.54, 1.807) is 0 Å². The van der Waals surface area contributed by atoms with Crippen LogP contribution in [-0.2, 0) is 0 Å². The standard InChI is InChI=1S/C7H3Cl2F3O/c8-4-1-2-5(10)6(3-4)13-7(9,11)12/h1-3H. The second-order valence-corrected chi connectivity index (χ2v) is 3.00. The first kappa shape index (κ1) is 10.5. The van der Waals surface area contributed by atoms with Crippen molar-refractivity contribution in [2.75, 3.05) is 0 Å². The maximum Gasteiger partial charge on any atom is 0.487 e. The molecule has 1 aromatic carbocycles. The van der Waals surface area contributed by atoms with Crippen LogP contribution < -0.4 is 4.74 Å². The maximum atomic E-state index is 12.7. The lowest BCUT2D eigenvalue weighted by Crippen LogP contribution is -2.16. The average molecular weight is 231 g/mol. The van der Waals surface area contributed by atoms with Crippen molar-refractivity contribution in [1.82, 2.24) is 0 Å². The normalized spacial score (nSPS) is 11.5. The van der Waals surface area contributed by atoms with Gasteiger partial charge >= 0.3 is 5.57 Å². The summed E-state index contributed by atoms with van der Waals surface area (Å²) in [5.41, 5.74) is -3.94. The van der Waals surface area contributed by atoms with Crippen LogP contribution in [0.2, 0.25) is 5.02 Å². The third-order valence-electron chi connectivity index (χ3n) is 1.12. The fourth-order valence-corrected chi connectivity index (χ4v) is 0.925. The second-order valence-electron chi connectivity index (χ2n) is 2.12. The number of benzene rings is 1. The van der Waals surface area contributed by atoms with Gasteiger partial charge in [-0.1, -0.05) is 11.6 Å². The summed E-state index contributed by atoms with van der Waals surface area (Å²) in [6.45, 7) is 0. The molecule has 1 rings (SSSR count). The van der Waals surface area contributed by atoms with E-state index in [1.165, 1.54) is 6.07 Å². The quantitative estimate of drug-likeness (QED) is 0.706. The van der Waals surface area contributed by atoms with E-state index >= 15 is 0 Å². The summed E-state index contributed by atoms with van der Waals surface area (Å²) < 4.78 is 40.6. The highest BCUT2D eigenvalue weighted by Gasteiger charge is 2.29. The summed E-state index contributed by atoms with van der Waals surface area (Å²) in [5.74, 6) is -1.64. The van der Waals surface area contributed by atoms with Crippen LogP contribution in [0.25, 0.3) is 0 Å². The Morgan fingerprint density at radius 1 is 1.31 bits per heavy atom. The van der Waals surface area contributed by atoms with Crippen LogP contribution in [-0.4, -0.2) is 5.57 Å². The van der Waals surface area contributed by atoms with Crippen LogP contribution in [0.1, 0.15) is 0 Å². The van der Waals surface area contributed by atoms with Gasteiger partial charge in [-0.05, 0) is 12.1 Å². The predicted molar refractivity (Wildman–Crippen MR) is 42.8 cm³/mol. The van der Waals surface area contributed by atoms with Gasteiger partial charge in [0, 0.05) is 22.7 Å². The highest BCUT2D eigenvalue weighted by molar-refractivity contribution is 6.30. The van der Waals surface area contributed by atoms with Crippen LogP contribution in [0.3, 0.4) is 0 Å². The molecular weight excluding hydrogens is 228 g/mol. The Labute approximate surface area is 82.0 Å². The molecule has 0 heterocycles. The van der Waals surface area contributed by atoms with Crippen molar-refractivity contribution >= 4 is 23.2 Å². The van der Waals surface area contributed by atoms with E-state index in [0.29, 0.717) is 0 Å². The maximum absolute atomic E-state index is 12.7. The van der Waals surface area contributed by atoms with E-state index in [0.717, 1.165) is 12.1 Å². The minimum Gasteiger partial charge on any atom is -0.417 e. The fraction of sp³-hybridized carbons (Fsp3) is 0.143. The molecule has 0 amide bonds. The molecule has 0 spiro atoms.